The van der Waals surface area contributed by atoms with Crippen LogP contribution in [0.25, 0.3) is 10.8 Å². The van der Waals surface area contributed by atoms with Crippen LogP contribution in [0.15, 0.2) is 60.7 Å². The number of para-hydroxylation sites is 1. The number of hydrogen-bond acceptors (Lipinski definition) is 3. The average Bonchev–Trinajstić information content (AvgIpc) is 2.49. The topological polar surface area (TPSA) is 78.3 Å². The molecule has 0 aliphatic carbocycles. The fourth-order valence-electron chi connectivity index (χ4n) is 2.25. The summed E-state index contributed by atoms with van der Waals surface area (Å²) in [4.78, 5) is 11.3. The Labute approximate surface area is 121 Å². The summed E-state index contributed by atoms with van der Waals surface area (Å²) in [5, 5.41) is 2.04. The average molecular weight is 278 g/mol. The van der Waals surface area contributed by atoms with Crippen LogP contribution in [0.5, 0.6) is 11.5 Å². The SMILES string of the molecule is NC(=O)c1cccc(Oc2cccc3ccccc23)c1N. The highest BCUT2D eigenvalue weighted by atomic mass is 16.5. The third kappa shape index (κ3) is 2.39. The lowest BCUT2D eigenvalue weighted by molar-refractivity contribution is 0.100. The predicted molar refractivity (Wildman–Crippen MR) is 83.4 cm³/mol. The van der Waals surface area contributed by atoms with E-state index in [2.05, 4.69) is 0 Å². The van der Waals surface area contributed by atoms with Crippen molar-refractivity contribution in [3.63, 3.8) is 0 Å². The summed E-state index contributed by atoms with van der Waals surface area (Å²) < 4.78 is 5.88. The van der Waals surface area contributed by atoms with E-state index in [0.29, 0.717) is 11.5 Å². The zero-order valence-corrected chi connectivity index (χ0v) is 11.2. The van der Waals surface area contributed by atoms with Gasteiger partial charge in [0.1, 0.15) is 5.75 Å². The lowest BCUT2D eigenvalue weighted by Crippen LogP contribution is -2.13. The minimum Gasteiger partial charge on any atom is -0.455 e. The van der Waals surface area contributed by atoms with E-state index in [4.69, 9.17) is 16.2 Å². The molecule has 3 aromatic rings. The van der Waals surface area contributed by atoms with Gasteiger partial charge in [-0.15, -0.1) is 0 Å². The van der Waals surface area contributed by atoms with Crippen LogP contribution in [0.2, 0.25) is 0 Å². The number of nitrogens with two attached hydrogens (primary N) is 2. The minimum atomic E-state index is -0.573. The lowest BCUT2D eigenvalue weighted by atomic mass is 10.1. The number of nitrogen functional groups attached to an aromatic ring is 1. The molecule has 21 heavy (non-hydrogen) atoms. The standard InChI is InChI=1S/C17H14N2O2/c18-16-13(17(19)20)8-4-10-15(16)21-14-9-3-6-11-5-1-2-7-12(11)14/h1-10H,18H2,(H2,19,20). The molecule has 0 aliphatic rings. The number of hydrogen-bond donors (Lipinski definition) is 2. The Morgan fingerprint density at radius 2 is 1.52 bits per heavy atom. The van der Waals surface area contributed by atoms with Gasteiger partial charge in [0.05, 0.1) is 11.3 Å². The maximum Gasteiger partial charge on any atom is 0.250 e. The second kappa shape index (κ2) is 5.17. The number of ether oxygens (including phenoxy) is 1. The molecule has 4 nitrogen and oxygen atoms in total. The number of carbonyl (C=O) groups is 1. The Balaban J connectivity index is 2.07. The molecule has 104 valence electrons. The second-order valence-corrected chi connectivity index (χ2v) is 4.66. The summed E-state index contributed by atoms with van der Waals surface area (Å²) in [6.07, 6.45) is 0. The van der Waals surface area contributed by atoms with Crippen molar-refractivity contribution in [2.75, 3.05) is 5.73 Å². The maximum atomic E-state index is 11.3. The van der Waals surface area contributed by atoms with Crippen molar-refractivity contribution in [1.82, 2.24) is 0 Å². The van der Waals surface area contributed by atoms with Crippen LogP contribution in [-0.2, 0) is 0 Å². The van der Waals surface area contributed by atoms with Crippen molar-refractivity contribution in [3.8, 4) is 11.5 Å². The smallest absolute Gasteiger partial charge is 0.250 e. The highest BCUT2D eigenvalue weighted by Gasteiger charge is 2.12. The molecule has 1 amide bonds. The molecule has 0 spiro atoms. The molecule has 0 bridgehead atoms. The number of benzene rings is 3. The van der Waals surface area contributed by atoms with Gasteiger partial charge in [0.2, 0.25) is 0 Å². The van der Waals surface area contributed by atoms with Crippen LogP contribution in [-0.4, -0.2) is 5.91 Å². The number of primary amides is 1. The summed E-state index contributed by atoms with van der Waals surface area (Å²) in [5.41, 5.74) is 11.7. The van der Waals surface area contributed by atoms with E-state index in [0.717, 1.165) is 10.8 Å². The van der Waals surface area contributed by atoms with E-state index in [1.165, 1.54) is 0 Å². The van der Waals surface area contributed by atoms with Gasteiger partial charge in [-0.25, -0.2) is 0 Å². The first kappa shape index (κ1) is 13.0. The van der Waals surface area contributed by atoms with E-state index in [1.54, 1.807) is 18.2 Å². The fraction of sp³-hybridized carbons (Fsp3) is 0. The van der Waals surface area contributed by atoms with E-state index < -0.39 is 5.91 Å². The molecule has 0 atom stereocenters. The number of rotatable bonds is 3. The van der Waals surface area contributed by atoms with Crippen LogP contribution in [0.1, 0.15) is 10.4 Å². The zero-order valence-electron chi connectivity index (χ0n) is 11.2. The van der Waals surface area contributed by atoms with E-state index in [1.807, 2.05) is 42.5 Å². The minimum absolute atomic E-state index is 0.248. The predicted octanol–water partition coefficient (Wildman–Crippen LogP) is 3.31. The largest absolute Gasteiger partial charge is 0.455 e. The van der Waals surface area contributed by atoms with Crippen LogP contribution >= 0.6 is 0 Å². The molecule has 0 saturated carbocycles. The first-order chi connectivity index (χ1) is 10.2. The summed E-state index contributed by atoms with van der Waals surface area (Å²) in [6, 6.07) is 18.6. The van der Waals surface area contributed by atoms with Gasteiger partial charge in [-0.2, -0.15) is 0 Å². The Morgan fingerprint density at radius 3 is 2.33 bits per heavy atom. The highest BCUT2D eigenvalue weighted by Crippen LogP contribution is 2.33. The molecule has 3 aromatic carbocycles. The van der Waals surface area contributed by atoms with Gasteiger partial charge < -0.3 is 16.2 Å². The Bertz CT molecular complexity index is 823. The molecule has 3 rings (SSSR count). The van der Waals surface area contributed by atoms with Gasteiger partial charge in [0, 0.05) is 5.39 Å². The van der Waals surface area contributed by atoms with Crippen molar-refractivity contribution < 1.29 is 9.53 Å². The first-order valence-corrected chi connectivity index (χ1v) is 6.51. The second-order valence-electron chi connectivity index (χ2n) is 4.66. The quantitative estimate of drug-likeness (QED) is 0.721. The Hall–Kier alpha value is -3.01. The Kier molecular flexibility index (Phi) is 3.20. The molecule has 0 fully saturated rings. The van der Waals surface area contributed by atoms with Gasteiger partial charge in [0.15, 0.2) is 5.75 Å². The van der Waals surface area contributed by atoms with Crippen molar-refractivity contribution in [2.45, 2.75) is 0 Å². The van der Waals surface area contributed by atoms with Gasteiger partial charge in [0.25, 0.3) is 5.91 Å². The fourth-order valence-corrected chi connectivity index (χ4v) is 2.25. The molecular formula is C17H14N2O2. The van der Waals surface area contributed by atoms with Gasteiger partial charge in [-0.3, -0.25) is 4.79 Å². The molecule has 0 heterocycles. The summed E-state index contributed by atoms with van der Waals surface area (Å²) >= 11 is 0. The molecule has 0 saturated heterocycles. The van der Waals surface area contributed by atoms with Gasteiger partial charge >= 0.3 is 0 Å². The van der Waals surface area contributed by atoms with E-state index >= 15 is 0 Å². The van der Waals surface area contributed by atoms with Gasteiger partial charge in [-0.05, 0) is 23.6 Å². The normalized spacial score (nSPS) is 10.5. The monoisotopic (exact) mass is 278 g/mol. The van der Waals surface area contributed by atoms with Crippen molar-refractivity contribution >= 4 is 22.4 Å². The van der Waals surface area contributed by atoms with E-state index in [9.17, 15) is 4.79 Å². The zero-order chi connectivity index (χ0) is 14.8. The molecule has 0 radical (unpaired) electrons. The Morgan fingerprint density at radius 1 is 0.857 bits per heavy atom. The number of amides is 1. The lowest BCUT2D eigenvalue weighted by Gasteiger charge is -2.12. The molecule has 0 aromatic heterocycles. The van der Waals surface area contributed by atoms with Crippen LogP contribution < -0.4 is 16.2 Å². The van der Waals surface area contributed by atoms with Crippen molar-refractivity contribution in [3.05, 3.63) is 66.2 Å². The molecule has 4 N–H and O–H groups in total. The third-order valence-electron chi connectivity index (χ3n) is 3.30. The van der Waals surface area contributed by atoms with Crippen molar-refractivity contribution in [2.24, 2.45) is 5.73 Å². The first-order valence-electron chi connectivity index (χ1n) is 6.51. The molecular weight excluding hydrogens is 264 g/mol. The van der Waals surface area contributed by atoms with E-state index in [-0.39, 0.29) is 11.3 Å². The maximum absolute atomic E-state index is 11.3. The summed E-state index contributed by atoms with van der Waals surface area (Å²) in [5.74, 6) is 0.528. The highest BCUT2D eigenvalue weighted by molar-refractivity contribution is 5.99. The molecule has 4 heteroatoms. The van der Waals surface area contributed by atoms with Gasteiger partial charge in [-0.1, -0.05) is 42.5 Å². The summed E-state index contributed by atoms with van der Waals surface area (Å²) in [6.45, 7) is 0. The van der Waals surface area contributed by atoms with Crippen molar-refractivity contribution in [1.29, 1.82) is 0 Å². The molecule has 0 unspecified atom stereocenters. The number of carbonyl (C=O) groups excluding carboxylic acids is 1. The number of fused-ring (bicyclic) bond motifs is 1. The van der Waals surface area contributed by atoms with Crippen LogP contribution in [0, 0.1) is 0 Å². The number of anilines is 1. The van der Waals surface area contributed by atoms with Crippen LogP contribution in [0.4, 0.5) is 5.69 Å². The third-order valence-corrected chi connectivity index (χ3v) is 3.30. The molecule has 0 aliphatic heterocycles. The van der Waals surface area contributed by atoms with Crippen LogP contribution in [0.3, 0.4) is 0 Å². The summed E-state index contributed by atoms with van der Waals surface area (Å²) in [7, 11) is 0.